The molecule has 0 aliphatic heterocycles. The van der Waals surface area contributed by atoms with Crippen molar-refractivity contribution in [2.45, 2.75) is 78.1 Å². The van der Waals surface area contributed by atoms with Gasteiger partial charge in [0.25, 0.3) is 0 Å². The minimum Gasteiger partial charge on any atom is -0.300 e. The molecular formula is C18H32O2. The molecule has 0 N–H and O–H groups in total. The van der Waals surface area contributed by atoms with Crippen LogP contribution < -0.4 is 0 Å². The Morgan fingerprint density at radius 2 is 1.50 bits per heavy atom. The molecule has 0 atom stereocenters. The first-order chi connectivity index (χ1) is 9.58. The van der Waals surface area contributed by atoms with E-state index in [2.05, 4.69) is 20.1 Å². The predicted octanol–water partition coefficient (Wildman–Crippen LogP) is 5.42. The lowest BCUT2D eigenvalue weighted by molar-refractivity contribution is -0.117. The van der Waals surface area contributed by atoms with E-state index in [1.807, 2.05) is 6.08 Å². The van der Waals surface area contributed by atoms with E-state index in [9.17, 15) is 9.59 Å². The highest BCUT2D eigenvalue weighted by Gasteiger charge is 1.93. The molecule has 116 valence electrons. The van der Waals surface area contributed by atoms with Gasteiger partial charge in [0, 0.05) is 12.8 Å². The molecule has 0 bridgehead atoms. The van der Waals surface area contributed by atoms with Gasteiger partial charge in [0.05, 0.1) is 0 Å². The zero-order valence-electron chi connectivity index (χ0n) is 13.5. The summed E-state index contributed by atoms with van der Waals surface area (Å²) in [6.07, 6.45) is 13.9. The average molecular weight is 280 g/mol. The Balaban J connectivity index is 0. The van der Waals surface area contributed by atoms with E-state index < -0.39 is 0 Å². The third-order valence-corrected chi connectivity index (χ3v) is 2.94. The van der Waals surface area contributed by atoms with Crippen LogP contribution in [0, 0.1) is 0 Å². The predicted molar refractivity (Wildman–Crippen MR) is 87.9 cm³/mol. The molecule has 0 fully saturated rings. The molecule has 2 heteroatoms. The number of hydrogen-bond acceptors (Lipinski definition) is 2. The summed E-state index contributed by atoms with van der Waals surface area (Å²) in [6, 6.07) is 0. The zero-order valence-corrected chi connectivity index (χ0v) is 13.5. The van der Waals surface area contributed by atoms with Gasteiger partial charge in [-0.2, -0.15) is 0 Å². The van der Waals surface area contributed by atoms with E-state index in [0.717, 1.165) is 32.1 Å². The van der Waals surface area contributed by atoms with E-state index in [1.54, 1.807) is 6.92 Å². The topological polar surface area (TPSA) is 34.1 Å². The van der Waals surface area contributed by atoms with Crippen molar-refractivity contribution in [3.8, 4) is 0 Å². The van der Waals surface area contributed by atoms with Crippen molar-refractivity contribution in [1.82, 2.24) is 0 Å². The summed E-state index contributed by atoms with van der Waals surface area (Å²) < 4.78 is 0. The van der Waals surface area contributed by atoms with Crippen molar-refractivity contribution < 1.29 is 9.59 Å². The Morgan fingerprint density at radius 3 is 2.00 bits per heavy atom. The normalized spacial score (nSPS) is 9.30. The van der Waals surface area contributed by atoms with Gasteiger partial charge in [-0.1, -0.05) is 45.3 Å². The van der Waals surface area contributed by atoms with E-state index in [4.69, 9.17) is 0 Å². The second-order valence-corrected chi connectivity index (χ2v) is 5.07. The van der Waals surface area contributed by atoms with Crippen LogP contribution in [0.4, 0.5) is 0 Å². The van der Waals surface area contributed by atoms with Crippen LogP contribution in [0.5, 0.6) is 0 Å². The first-order valence-corrected chi connectivity index (χ1v) is 7.84. The van der Waals surface area contributed by atoms with Gasteiger partial charge in [0.15, 0.2) is 5.78 Å². The van der Waals surface area contributed by atoms with E-state index in [0.29, 0.717) is 12.2 Å². The highest BCUT2D eigenvalue weighted by Crippen LogP contribution is 2.03. The molecule has 0 aromatic rings. The molecular weight excluding hydrogens is 248 g/mol. The number of carbonyl (C=O) groups is 2. The zero-order chi connectivity index (χ0) is 15.6. The van der Waals surface area contributed by atoms with Gasteiger partial charge in [-0.3, -0.25) is 4.79 Å². The largest absolute Gasteiger partial charge is 0.300 e. The number of allylic oxidation sites excluding steroid dienone is 2. The quantitative estimate of drug-likeness (QED) is 0.271. The molecule has 0 aromatic carbocycles. The first kappa shape index (κ1) is 21.1. The fraction of sp³-hybridized carbons (Fsp3) is 0.667. The van der Waals surface area contributed by atoms with Crippen LogP contribution >= 0.6 is 0 Å². The lowest BCUT2D eigenvalue weighted by atomic mass is 10.1. The molecule has 0 aromatic heterocycles. The van der Waals surface area contributed by atoms with Gasteiger partial charge < -0.3 is 4.79 Å². The minimum atomic E-state index is 0.177. The lowest BCUT2D eigenvalue weighted by Crippen LogP contribution is -1.90. The average Bonchev–Trinajstić information content (AvgIpc) is 2.43. The van der Waals surface area contributed by atoms with Gasteiger partial charge in [0.1, 0.15) is 5.78 Å². The molecule has 0 heterocycles. The summed E-state index contributed by atoms with van der Waals surface area (Å²) in [6.45, 7) is 10.8. The molecule has 0 saturated heterocycles. The second kappa shape index (κ2) is 17.8. The van der Waals surface area contributed by atoms with Crippen LogP contribution in [-0.2, 0) is 9.59 Å². The van der Waals surface area contributed by atoms with E-state index in [1.165, 1.54) is 31.8 Å². The van der Waals surface area contributed by atoms with E-state index >= 15 is 0 Å². The van der Waals surface area contributed by atoms with Crippen molar-refractivity contribution in [3.05, 3.63) is 25.3 Å². The standard InChI is InChI=1S/2C9H16O/c1-3-4-5-6-7-8-9(2)10;1-3-5-6-7-8-9(10)4-2/h3H,1,4-8H2,2H3;4H,2-3,5-8H2,1H3. The molecule has 0 aliphatic rings. The molecule has 0 unspecified atom stereocenters. The number of hydrogen-bond donors (Lipinski definition) is 0. The molecule has 0 rings (SSSR count). The smallest absolute Gasteiger partial charge is 0.155 e. The summed E-state index contributed by atoms with van der Waals surface area (Å²) in [5, 5.41) is 0. The van der Waals surface area contributed by atoms with Crippen molar-refractivity contribution in [2.75, 3.05) is 0 Å². The van der Waals surface area contributed by atoms with Crippen LogP contribution in [0.25, 0.3) is 0 Å². The van der Waals surface area contributed by atoms with Crippen molar-refractivity contribution >= 4 is 11.6 Å². The van der Waals surface area contributed by atoms with Crippen molar-refractivity contribution in [1.29, 1.82) is 0 Å². The highest BCUT2D eigenvalue weighted by atomic mass is 16.1. The SMILES string of the molecule is C=CC(=O)CCCCCC.C=CCCCCCC(C)=O. The van der Waals surface area contributed by atoms with Gasteiger partial charge in [-0.25, -0.2) is 0 Å². The third-order valence-electron chi connectivity index (χ3n) is 2.94. The summed E-state index contributed by atoms with van der Waals surface area (Å²) in [5.74, 6) is 0.481. The van der Waals surface area contributed by atoms with Gasteiger partial charge in [0.2, 0.25) is 0 Å². The van der Waals surface area contributed by atoms with Gasteiger partial charge in [-0.05, 0) is 38.7 Å². The summed E-state index contributed by atoms with van der Waals surface area (Å²) in [4.78, 5) is 21.1. The molecule has 0 saturated carbocycles. The maximum Gasteiger partial charge on any atom is 0.155 e. The monoisotopic (exact) mass is 280 g/mol. The fourth-order valence-corrected chi connectivity index (χ4v) is 1.67. The number of Topliss-reactive ketones (excluding diaryl/α,β-unsaturated/α-hetero) is 1. The molecule has 20 heavy (non-hydrogen) atoms. The highest BCUT2D eigenvalue weighted by molar-refractivity contribution is 5.88. The fourth-order valence-electron chi connectivity index (χ4n) is 1.67. The maximum atomic E-state index is 10.7. The Labute approximate surface area is 125 Å². The van der Waals surface area contributed by atoms with E-state index in [-0.39, 0.29) is 5.78 Å². The third kappa shape index (κ3) is 22.0. The maximum absolute atomic E-state index is 10.7. The Bertz CT molecular complexity index is 267. The first-order valence-electron chi connectivity index (χ1n) is 7.84. The minimum absolute atomic E-state index is 0.177. The van der Waals surface area contributed by atoms with Gasteiger partial charge >= 0.3 is 0 Å². The Hall–Kier alpha value is -1.18. The van der Waals surface area contributed by atoms with Crippen molar-refractivity contribution in [3.63, 3.8) is 0 Å². The van der Waals surface area contributed by atoms with Gasteiger partial charge in [-0.15, -0.1) is 6.58 Å². The van der Waals surface area contributed by atoms with Crippen LogP contribution in [0.1, 0.15) is 78.1 Å². The Kier molecular flexibility index (Phi) is 18.8. The molecule has 0 radical (unpaired) electrons. The molecule has 0 amide bonds. The number of carbonyl (C=O) groups excluding carboxylic acids is 2. The lowest BCUT2D eigenvalue weighted by Gasteiger charge is -1.94. The summed E-state index contributed by atoms with van der Waals surface area (Å²) in [5.41, 5.74) is 0. The Morgan fingerprint density at radius 1 is 0.900 bits per heavy atom. The molecule has 2 nitrogen and oxygen atoms in total. The van der Waals surface area contributed by atoms with Crippen LogP contribution in [0.2, 0.25) is 0 Å². The molecule has 0 aliphatic carbocycles. The number of unbranched alkanes of at least 4 members (excludes halogenated alkanes) is 6. The number of ketones is 2. The van der Waals surface area contributed by atoms with Crippen LogP contribution in [0.15, 0.2) is 25.3 Å². The second-order valence-electron chi connectivity index (χ2n) is 5.07. The van der Waals surface area contributed by atoms with Crippen LogP contribution in [-0.4, -0.2) is 11.6 Å². The van der Waals surface area contributed by atoms with Crippen molar-refractivity contribution in [2.24, 2.45) is 0 Å². The molecule has 0 spiro atoms. The van der Waals surface area contributed by atoms with Crippen LogP contribution in [0.3, 0.4) is 0 Å². The summed E-state index contributed by atoms with van der Waals surface area (Å²) in [7, 11) is 0. The summed E-state index contributed by atoms with van der Waals surface area (Å²) >= 11 is 0. The number of rotatable bonds is 12.